The fraction of sp³-hybridized carbons (Fsp3) is 0.600. The number of aliphatic hydroxyl groups excluding tert-OH is 1. The number of hydrogen-bond acceptors (Lipinski definition) is 6. The lowest BCUT2D eigenvalue weighted by Gasteiger charge is -2.34. The molecule has 6 heteroatoms. The van der Waals surface area contributed by atoms with Crippen molar-refractivity contribution in [2.24, 2.45) is 17.8 Å². The predicted octanol–water partition coefficient (Wildman–Crippen LogP) is 1.67. The first-order valence-electron chi connectivity index (χ1n) is 8.97. The Labute approximate surface area is 153 Å². The smallest absolute Gasteiger partial charge is 0.336 e. The van der Waals surface area contributed by atoms with Crippen LogP contribution in [-0.2, 0) is 19.1 Å². The van der Waals surface area contributed by atoms with Crippen LogP contribution in [0.1, 0.15) is 33.6 Å². The number of hydrogen-bond donors (Lipinski definition) is 2. The van der Waals surface area contributed by atoms with Crippen LogP contribution >= 0.6 is 0 Å². The maximum Gasteiger partial charge on any atom is 0.336 e. The molecule has 2 unspecified atom stereocenters. The van der Waals surface area contributed by atoms with Gasteiger partial charge in [-0.05, 0) is 27.2 Å². The van der Waals surface area contributed by atoms with E-state index in [1.54, 1.807) is 13.8 Å². The minimum atomic E-state index is -1.09. The van der Waals surface area contributed by atoms with E-state index in [1.165, 1.54) is 6.08 Å². The quantitative estimate of drug-likeness (QED) is 0.451. The molecule has 142 valence electrons. The zero-order valence-electron chi connectivity index (χ0n) is 15.4. The fourth-order valence-electron chi connectivity index (χ4n) is 4.67. The van der Waals surface area contributed by atoms with Gasteiger partial charge in [-0.1, -0.05) is 24.3 Å². The van der Waals surface area contributed by atoms with Crippen molar-refractivity contribution in [1.29, 1.82) is 0 Å². The zero-order chi connectivity index (χ0) is 19.2. The van der Waals surface area contributed by atoms with E-state index >= 15 is 0 Å². The van der Waals surface area contributed by atoms with E-state index in [-0.39, 0.29) is 29.4 Å². The molecule has 0 aromatic carbocycles. The van der Waals surface area contributed by atoms with Crippen LogP contribution < -0.4 is 0 Å². The summed E-state index contributed by atoms with van der Waals surface area (Å²) in [7, 11) is 0. The van der Waals surface area contributed by atoms with Crippen LogP contribution in [0.2, 0.25) is 0 Å². The second-order valence-electron chi connectivity index (χ2n) is 7.71. The molecule has 0 radical (unpaired) electrons. The van der Waals surface area contributed by atoms with Crippen LogP contribution in [0.25, 0.3) is 0 Å². The number of rotatable bonds is 3. The predicted molar refractivity (Wildman–Crippen MR) is 93.8 cm³/mol. The Morgan fingerprint density at radius 3 is 2.81 bits per heavy atom. The summed E-state index contributed by atoms with van der Waals surface area (Å²) in [6.45, 7) is 8.78. The fourth-order valence-corrected chi connectivity index (χ4v) is 4.67. The minimum Gasteiger partial charge on any atom is -0.458 e. The van der Waals surface area contributed by atoms with Crippen molar-refractivity contribution >= 4 is 11.9 Å². The second kappa shape index (κ2) is 6.67. The molecule has 2 aliphatic carbocycles. The molecule has 0 amide bonds. The summed E-state index contributed by atoms with van der Waals surface area (Å²) in [6.07, 6.45) is 3.18. The molecule has 3 rings (SSSR count). The van der Waals surface area contributed by atoms with Crippen molar-refractivity contribution in [2.45, 2.75) is 51.4 Å². The molecular formula is C20H26O6. The van der Waals surface area contributed by atoms with E-state index in [9.17, 15) is 19.8 Å². The number of ether oxygens (including phenoxy) is 2. The second-order valence-corrected chi connectivity index (χ2v) is 7.71. The summed E-state index contributed by atoms with van der Waals surface area (Å²) in [6, 6.07) is 0. The van der Waals surface area contributed by atoms with E-state index in [0.717, 1.165) is 5.57 Å². The van der Waals surface area contributed by atoms with Crippen LogP contribution in [0.3, 0.4) is 0 Å². The molecule has 2 N–H and O–H groups in total. The van der Waals surface area contributed by atoms with E-state index in [0.29, 0.717) is 6.42 Å². The summed E-state index contributed by atoms with van der Waals surface area (Å²) in [5.41, 5.74) is 0.396. The molecule has 6 atom stereocenters. The van der Waals surface area contributed by atoms with Crippen molar-refractivity contribution in [1.82, 2.24) is 0 Å². The van der Waals surface area contributed by atoms with Gasteiger partial charge in [-0.3, -0.25) is 0 Å². The monoisotopic (exact) mass is 362 g/mol. The molecule has 26 heavy (non-hydrogen) atoms. The lowest BCUT2D eigenvalue weighted by molar-refractivity contribution is -0.150. The van der Waals surface area contributed by atoms with Gasteiger partial charge in [0.15, 0.2) is 0 Å². The van der Waals surface area contributed by atoms with Crippen LogP contribution in [0, 0.1) is 17.8 Å². The largest absolute Gasteiger partial charge is 0.458 e. The molecule has 6 nitrogen and oxygen atoms in total. The lowest BCUT2D eigenvalue weighted by atomic mass is 9.76. The third-order valence-electron chi connectivity index (χ3n) is 6.12. The highest BCUT2D eigenvalue weighted by molar-refractivity contribution is 5.92. The number of carbonyl (C=O) groups is 2. The zero-order valence-corrected chi connectivity index (χ0v) is 15.4. The molecule has 2 fully saturated rings. The van der Waals surface area contributed by atoms with Gasteiger partial charge in [0.2, 0.25) is 0 Å². The van der Waals surface area contributed by atoms with Crippen LogP contribution in [0.15, 0.2) is 35.5 Å². The molecule has 0 spiro atoms. The van der Waals surface area contributed by atoms with Gasteiger partial charge >= 0.3 is 11.9 Å². The Balaban J connectivity index is 1.99. The van der Waals surface area contributed by atoms with E-state index in [2.05, 4.69) is 12.7 Å². The molecule has 3 aliphatic rings. The molecular weight excluding hydrogens is 336 g/mol. The molecule has 0 bridgehead atoms. The normalized spacial score (nSPS) is 39.7. The highest BCUT2D eigenvalue weighted by Gasteiger charge is 2.58. The van der Waals surface area contributed by atoms with Crippen molar-refractivity contribution in [3.63, 3.8) is 0 Å². The van der Waals surface area contributed by atoms with E-state index in [4.69, 9.17) is 9.47 Å². The van der Waals surface area contributed by atoms with Gasteiger partial charge < -0.3 is 19.7 Å². The third-order valence-corrected chi connectivity index (χ3v) is 6.12. The summed E-state index contributed by atoms with van der Waals surface area (Å²) in [4.78, 5) is 24.6. The summed E-state index contributed by atoms with van der Waals surface area (Å²) in [5.74, 6) is -1.88. The topological polar surface area (TPSA) is 93.1 Å². The highest BCUT2D eigenvalue weighted by Crippen LogP contribution is 2.52. The van der Waals surface area contributed by atoms with Gasteiger partial charge in [-0.15, -0.1) is 0 Å². The number of allylic oxidation sites excluding steroid dienone is 2. The Morgan fingerprint density at radius 2 is 2.19 bits per heavy atom. The van der Waals surface area contributed by atoms with Crippen LogP contribution in [0.4, 0.5) is 0 Å². The van der Waals surface area contributed by atoms with Gasteiger partial charge in [0, 0.05) is 23.8 Å². The molecule has 1 saturated carbocycles. The number of aliphatic hydroxyl groups is 2. The highest BCUT2D eigenvalue weighted by atomic mass is 16.6. The minimum absolute atomic E-state index is 0.114. The number of fused-ring (bicyclic) bond motifs is 3. The molecule has 1 heterocycles. The van der Waals surface area contributed by atoms with E-state index in [1.807, 2.05) is 6.92 Å². The molecule has 0 aromatic rings. The first-order chi connectivity index (χ1) is 12.2. The van der Waals surface area contributed by atoms with Gasteiger partial charge in [-0.25, -0.2) is 9.59 Å². The van der Waals surface area contributed by atoms with Gasteiger partial charge in [-0.2, -0.15) is 0 Å². The van der Waals surface area contributed by atoms with Crippen LogP contribution in [0.5, 0.6) is 0 Å². The molecule has 1 saturated heterocycles. The Morgan fingerprint density at radius 1 is 1.50 bits per heavy atom. The standard InChI is InChI=1S/C20H26O6/c1-5-12(9-21)19(23)25-14-8-20(4,24)13-7-6-10(2)15(13)17-16(14)11(3)18(22)26-17/h5-6,13-17,21,24H,3,7-9H2,1-2,4H3/b12-5-/t13?,14-,15?,16-,17-,20-/m1/s1. The summed E-state index contributed by atoms with van der Waals surface area (Å²) in [5, 5.41) is 20.4. The number of esters is 2. The number of carbonyl (C=O) groups excluding carboxylic acids is 2. The van der Waals surface area contributed by atoms with Crippen molar-refractivity contribution in [3.05, 3.63) is 35.5 Å². The lowest BCUT2D eigenvalue weighted by Crippen LogP contribution is -2.40. The summed E-state index contributed by atoms with van der Waals surface area (Å²) < 4.78 is 11.3. The van der Waals surface area contributed by atoms with Gasteiger partial charge in [0.1, 0.15) is 12.2 Å². The Bertz CT molecular complexity index is 701. The maximum atomic E-state index is 12.4. The molecule has 1 aliphatic heterocycles. The summed E-state index contributed by atoms with van der Waals surface area (Å²) >= 11 is 0. The molecule has 0 aromatic heterocycles. The van der Waals surface area contributed by atoms with Gasteiger partial charge in [0.05, 0.1) is 23.7 Å². The van der Waals surface area contributed by atoms with Crippen LogP contribution in [-0.4, -0.2) is 46.6 Å². The SMILES string of the molecule is C=C1C(=O)O[C@@H]2C3C(C)=CCC3[C@](C)(O)C[C@@H](OC(=O)/C(=C\C)CO)[C@@H]12. The average molecular weight is 362 g/mol. The first-order valence-corrected chi connectivity index (χ1v) is 8.97. The Hall–Kier alpha value is -1.92. The van der Waals surface area contributed by atoms with E-state index < -0.39 is 42.3 Å². The van der Waals surface area contributed by atoms with Crippen molar-refractivity contribution in [2.75, 3.05) is 6.61 Å². The average Bonchev–Trinajstić information content (AvgIpc) is 3.06. The van der Waals surface area contributed by atoms with Crippen molar-refractivity contribution in [3.8, 4) is 0 Å². The first kappa shape index (κ1) is 18.9. The Kier molecular flexibility index (Phi) is 4.84. The third kappa shape index (κ3) is 2.91. The maximum absolute atomic E-state index is 12.4. The van der Waals surface area contributed by atoms with Crippen molar-refractivity contribution < 1.29 is 29.3 Å². The van der Waals surface area contributed by atoms with Gasteiger partial charge in [0.25, 0.3) is 0 Å².